The van der Waals surface area contributed by atoms with E-state index in [0.717, 1.165) is 36.1 Å². The predicted molar refractivity (Wildman–Crippen MR) is 151 cm³/mol. The van der Waals surface area contributed by atoms with Gasteiger partial charge in [-0.05, 0) is 74.5 Å². The SMILES string of the molecule is CC(C)Oc1cc(-c2ccc(CCCNC[C@@H](O)c3cccnc3)cc2)ccc1C(=O)NS(=O)(=O)CCCO. The number of nitrogens with one attached hydrogen (secondary N) is 2. The third-order valence-electron chi connectivity index (χ3n) is 5.92. The number of nitrogens with zero attached hydrogens (tertiary/aromatic N) is 1. The molecule has 1 amide bonds. The van der Waals surface area contributed by atoms with Crippen LogP contribution in [0.4, 0.5) is 0 Å². The average Bonchev–Trinajstić information content (AvgIpc) is 2.92. The van der Waals surface area contributed by atoms with Crippen LogP contribution in [0.25, 0.3) is 11.1 Å². The van der Waals surface area contributed by atoms with Gasteiger partial charge in [0, 0.05) is 31.1 Å². The normalized spacial score (nSPS) is 12.3. The molecule has 0 aliphatic rings. The van der Waals surface area contributed by atoms with Gasteiger partial charge in [-0.25, -0.2) is 13.1 Å². The van der Waals surface area contributed by atoms with Gasteiger partial charge in [0.25, 0.3) is 5.91 Å². The molecule has 9 nitrogen and oxygen atoms in total. The van der Waals surface area contributed by atoms with Crippen LogP contribution in [0.15, 0.2) is 67.0 Å². The van der Waals surface area contributed by atoms with Crippen LogP contribution in [-0.4, -0.2) is 61.1 Å². The number of carbonyl (C=O) groups is 1. The Balaban J connectivity index is 1.59. The van der Waals surface area contributed by atoms with E-state index >= 15 is 0 Å². The molecule has 0 saturated heterocycles. The summed E-state index contributed by atoms with van der Waals surface area (Å²) in [4.78, 5) is 16.7. The predicted octanol–water partition coefficient (Wildman–Crippen LogP) is 3.23. The molecule has 0 bridgehead atoms. The first-order chi connectivity index (χ1) is 18.7. The molecular formula is C29H37N3O6S. The van der Waals surface area contributed by atoms with E-state index in [1.807, 2.05) is 32.0 Å². The van der Waals surface area contributed by atoms with Crippen molar-refractivity contribution in [3.8, 4) is 16.9 Å². The van der Waals surface area contributed by atoms with Crippen molar-refractivity contribution in [2.75, 3.05) is 25.4 Å². The number of aliphatic hydroxyl groups excluding tert-OH is 2. The van der Waals surface area contributed by atoms with Gasteiger partial charge in [0.2, 0.25) is 10.0 Å². The summed E-state index contributed by atoms with van der Waals surface area (Å²) in [5.74, 6) is -0.822. The minimum atomic E-state index is -3.87. The Morgan fingerprint density at radius 2 is 1.79 bits per heavy atom. The number of sulfonamides is 1. The standard InChI is InChI=1S/C29H37N3O6S/c1-21(2)38-28-18-24(12-13-26(28)29(35)32-39(36,37)17-5-16-33)23-10-8-22(9-11-23)6-3-14-31-20-27(34)25-7-4-15-30-19-25/h4,7-13,15,18-19,21,27,31,33-34H,3,5-6,14,16-17,20H2,1-2H3,(H,32,35)/t27-/m1/s1. The second-order valence-corrected chi connectivity index (χ2v) is 11.4. The van der Waals surface area contributed by atoms with Crippen LogP contribution in [0.2, 0.25) is 0 Å². The summed E-state index contributed by atoms with van der Waals surface area (Å²) in [5, 5.41) is 22.4. The molecule has 1 heterocycles. The molecule has 0 radical (unpaired) electrons. The van der Waals surface area contributed by atoms with Crippen molar-refractivity contribution in [1.82, 2.24) is 15.0 Å². The number of amides is 1. The van der Waals surface area contributed by atoms with Gasteiger partial charge in [-0.1, -0.05) is 36.4 Å². The van der Waals surface area contributed by atoms with Crippen molar-refractivity contribution in [2.45, 2.75) is 45.3 Å². The summed E-state index contributed by atoms with van der Waals surface area (Å²) >= 11 is 0. The summed E-state index contributed by atoms with van der Waals surface area (Å²) in [5.41, 5.74) is 3.86. The third kappa shape index (κ3) is 9.74. The third-order valence-corrected chi connectivity index (χ3v) is 7.24. The second-order valence-electron chi connectivity index (χ2n) is 9.51. The van der Waals surface area contributed by atoms with E-state index in [4.69, 9.17) is 9.84 Å². The second kappa shape index (κ2) is 14.7. The number of hydrogen-bond acceptors (Lipinski definition) is 8. The van der Waals surface area contributed by atoms with Crippen molar-refractivity contribution in [3.05, 3.63) is 83.7 Å². The fourth-order valence-electron chi connectivity index (χ4n) is 3.95. The van der Waals surface area contributed by atoms with Crippen LogP contribution in [0.3, 0.4) is 0 Å². The maximum atomic E-state index is 12.7. The number of benzene rings is 2. The van der Waals surface area contributed by atoms with Crippen LogP contribution < -0.4 is 14.8 Å². The van der Waals surface area contributed by atoms with Crippen molar-refractivity contribution < 1.29 is 28.2 Å². The fourth-order valence-corrected chi connectivity index (χ4v) is 4.96. The smallest absolute Gasteiger partial charge is 0.268 e. The highest BCUT2D eigenvalue weighted by Crippen LogP contribution is 2.29. The van der Waals surface area contributed by atoms with Gasteiger partial charge in [0.15, 0.2) is 0 Å². The molecule has 4 N–H and O–H groups in total. The molecule has 1 atom stereocenters. The monoisotopic (exact) mass is 555 g/mol. The molecule has 0 aliphatic heterocycles. The molecule has 2 aromatic carbocycles. The van der Waals surface area contributed by atoms with E-state index in [9.17, 15) is 18.3 Å². The van der Waals surface area contributed by atoms with Crippen LogP contribution in [0.5, 0.6) is 5.75 Å². The Hall–Kier alpha value is -3.31. The summed E-state index contributed by atoms with van der Waals surface area (Å²) < 4.78 is 32.1. The molecule has 39 heavy (non-hydrogen) atoms. The first-order valence-corrected chi connectivity index (χ1v) is 14.7. The highest BCUT2D eigenvalue weighted by atomic mass is 32.2. The lowest BCUT2D eigenvalue weighted by Gasteiger charge is -2.16. The Kier molecular flexibility index (Phi) is 11.4. The zero-order valence-electron chi connectivity index (χ0n) is 22.3. The van der Waals surface area contributed by atoms with Crippen molar-refractivity contribution >= 4 is 15.9 Å². The maximum Gasteiger partial charge on any atom is 0.268 e. The topological polar surface area (TPSA) is 138 Å². The van der Waals surface area contributed by atoms with Crippen molar-refractivity contribution in [3.63, 3.8) is 0 Å². The van der Waals surface area contributed by atoms with E-state index < -0.39 is 22.0 Å². The number of aryl methyl sites for hydroxylation is 1. The maximum absolute atomic E-state index is 12.7. The number of ether oxygens (including phenoxy) is 1. The summed E-state index contributed by atoms with van der Waals surface area (Å²) in [7, 11) is -3.87. The van der Waals surface area contributed by atoms with Gasteiger partial charge in [-0.2, -0.15) is 0 Å². The van der Waals surface area contributed by atoms with Crippen molar-refractivity contribution in [1.29, 1.82) is 0 Å². The molecule has 3 rings (SSSR count). The fraction of sp³-hybridized carbons (Fsp3) is 0.379. The lowest BCUT2D eigenvalue weighted by molar-refractivity contribution is 0.0975. The zero-order valence-corrected chi connectivity index (χ0v) is 23.2. The number of carbonyl (C=O) groups excluding carboxylic acids is 1. The lowest BCUT2D eigenvalue weighted by Crippen LogP contribution is -2.33. The van der Waals surface area contributed by atoms with Gasteiger partial charge in [-0.3, -0.25) is 9.78 Å². The average molecular weight is 556 g/mol. The summed E-state index contributed by atoms with van der Waals surface area (Å²) in [6.07, 6.45) is 4.37. The number of aromatic nitrogens is 1. The molecule has 0 spiro atoms. The Labute approximate surface area is 230 Å². The summed E-state index contributed by atoms with van der Waals surface area (Å²) in [6.45, 7) is 4.62. The highest BCUT2D eigenvalue weighted by molar-refractivity contribution is 7.90. The molecule has 0 saturated carbocycles. The van der Waals surface area contributed by atoms with Gasteiger partial charge in [0.05, 0.1) is 23.5 Å². The van der Waals surface area contributed by atoms with Gasteiger partial charge < -0.3 is 20.3 Å². The number of pyridine rings is 1. The molecule has 0 aliphatic carbocycles. The lowest BCUT2D eigenvalue weighted by atomic mass is 10.00. The molecule has 3 aromatic rings. The molecule has 1 aromatic heterocycles. The first kappa shape index (κ1) is 30.2. The molecular weight excluding hydrogens is 518 g/mol. The van der Waals surface area contributed by atoms with E-state index in [1.54, 1.807) is 36.7 Å². The van der Waals surface area contributed by atoms with Gasteiger partial charge in [-0.15, -0.1) is 0 Å². The quantitative estimate of drug-likeness (QED) is 0.210. The molecule has 10 heteroatoms. The Morgan fingerprint density at radius 3 is 2.46 bits per heavy atom. The Morgan fingerprint density at radius 1 is 1.05 bits per heavy atom. The van der Waals surface area contributed by atoms with Crippen LogP contribution in [0, 0.1) is 0 Å². The van der Waals surface area contributed by atoms with Crippen LogP contribution >= 0.6 is 0 Å². The van der Waals surface area contributed by atoms with E-state index in [0.29, 0.717) is 12.3 Å². The number of rotatable bonds is 15. The van der Waals surface area contributed by atoms with E-state index in [1.165, 1.54) is 5.56 Å². The van der Waals surface area contributed by atoms with Crippen molar-refractivity contribution in [2.24, 2.45) is 0 Å². The van der Waals surface area contributed by atoms with E-state index in [2.05, 4.69) is 27.2 Å². The molecule has 0 unspecified atom stereocenters. The van der Waals surface area contributed by atoms with Crippen LogP contribution in [-0.2, 0) is 16.4 Å². The molecule has 210 valence electrons. The zero-order chi connectivity index (χ0) is 28.3. The minimum Gasteiger partial charge on any atom is -0.490 e. The minimum absolute atomic E-state index is 0.0404. The van der Waals surface area contributed by atoms with Crippen LogP contribution in [0.1, 0.15) is 54.3 Å². The number of aliphatic hydroxyl groups is 2. The van der Waals surface area contributed by atoms with Gasteiger partial charge in [0.1, 0.15) is 5.75 Å². The Bertz CT molecular complexity index is 1300. The highest BCUT2D eigenvalue weighted by Gasteiger charge is 2.20. The first-order valence-electron chi connectivity index (χ1n) is 13.0. The van der Waals surface area contributed by atoms with Gasteiger partial charge >= 0.3 is 0 Å². The largest absolute Gasteiger partial charge is 0.490 e. The molecule has 0 fully saturated rings. The number of hydrogen-bond donors (Lipinski definition) is 4. The summed E-state index contributed by atoms with van der Waals surface area (Å²) in [6, 6.07) is 16.8. The van der Waals surface area contributed by atoms with E-state index in [-0.39, 0.29) is 30.4 Å².